The smallest absolute Gasteiger partial charge is 0.124 e. The summed E-state index contributed by atoms with van der Waals surface area (Å²) >= 11 is 11.8. The summed E-state index contributed by atoms with van der Waals surface area (Å²) in [6.07, 6.45) is 1.58. The maximum atomic E-state index is 9.68. The number of rotatable bonds is 2. The Morgan fingerprint density at radius 1 is 1.11 bits per heavy atom. The van der Waals surface area contributed by atoms with Gasteiger partial charge in [0, 0.05) is 16.8 Å². The Kier molecular flexibility index (Phi) is 3.90. The van der Waals surface area contributed by atoms with Crippen LogP contribution in [0.4, 0.5) is 5.69 Å². The zero-order valence-electron chi connectivity index (χ0n) is 9.69. The van der Waals surface area contributed by atoms with E-state index in [1.54, 1.807) is 30.5 Å². The van der Waals surface area contributed by atoms with Gasteiger partial charge < -0.3 is 5.11 Å². The highest BCUT2D eigenvalue weighted by molar-refractivity contribution is 6.36. The van der Waals surface area contributed by atoms with Crippen molar-refractivity contribution in [2.45, 2.75) is 6.92 Å². The first-order chi connectivity index (χ1) is 8.56. The van der Waals surface area contributed by atoms with Crippen LogP contribution in [0.5, 0.6) is 5.75 Å². The quantitative estimate of drug-likeness (QED) is 0.790. The van der Waals surface area contributed by atoms with Crippen molar-refractivity contribution in [1.82, 2.24) is 0 Å². The topological polar surface area (TPSA) is 32.6 Å². The molecular weight excluding hydrogens is 269 g/mol. The van der Waals surface area contributed by atoms with Gasteiger partial charge in [-0.15, -0.1) is 0 Å². The molecular formula is C14H11Cl2NO. The lowest BCUT2D eigenvalue weighted by Gasteiger charge is -2.01. The molecule has 0 atom stereocenters. The third-order valence-corrected chi connectivity index (χ3v) is 2.97. The second-order valence-corrected chi connectivity index (χ2v) is 4.76. The Labute approximate surface area is 116 Å². The fourth-order valence-electron chi connectivity index (χ4n) is 1.50. The van der Waals surface area contributed by atoms with Gasteiger partial charge in [-0.2, -0.15) is 0 Å². The van der Waals surface area contributed by atoms with Crippen LogP contribution in [0.1, 0.15) is 11.1 Å². The van der Waals surface area contributed by atoms with Crippen molar-refractivity contribution in [2.75, 3.05) is 0 Å². The van der Waals surface area contributed by atoms with Crippen LogP contribution >= 0.6 is 23.2 Å². The van der Waals surface area contributed by atoms with Crippen molar-refractivity contribution in [3.05, 3.63) is 57.6 Å². The number of benzene rings is 2. The Balaban J connectivity index is 2.32. The van der Waals surface area contributed by atoms with Gasteiger partial charge in [-0.3, -0.25) is 4.99 Å². The summed E-state index contributed by atoms with van der Waals surface area (Å²) < 4.78 is 0. The van der Waals surface area contributed by atoms with Gasteiger partial charge in [0.05, 0.1) is 10.7 Å². The highest BCUT2D eigenvalue weighted by Gasteiger charge is 2.01. The molecule has 2 nitrogen and oxygen atoms in total. The Hall–Kier alpha value is -1.51. The van der Waals surface area contributed by atoms with Crippen molar-refractivity contribution in [2.24, 2.45) is 4.99 Å². The van der Waals surface area contributed by atoms with Crippen molar-refractivity contribution < 1.29 is 5.11 Å². The molecule has 0 aliphatic carbocycles. The van der Waals surface area contributed by atoms with Crippen LogP contribution < -0.4 is 0 Å². The van der Waals surface area contributed by atoms with Gasteiger partial charge in [-0.1, -0.05) is 34.8 Å². The van der Waals surface area contributed by atoms with Gasteiger partial charge in [-0.05, 0) is 37.3 Å². The molecule has 0 saturated carbocycles. The van der Waals surface area contributed by atoms with E-state index in [1.165, 1.54) is 0 Å². The lowest BCUT2D eigenvalue weighted by atomic mass is 10.1. The summed E-state index contributed by atoms with van der Waals surface area (Å²) in [6, 6.07) is 10.4. The van der Waals surface area contributed by atoms with Crippen molar-refractivity contribution in [1.29, 1.82) is 0 Å². The average Bonchev–Trinajstić information content (AvgIpc) is 2.32. The molecule has 2 rings (SSSR count). The van der Waals surface area contributed by atoms with Gasteiger partial charge in [0.1, 0.15) is 5.75 Å². The molecule has 0 radical (unpaired) electrons. The molecule has 0 aromatic heterocycles. The molecule has 0 fully saturated rings. The van der Waals surface area contributed by atoms with Crippen LogP contribution in [0.2, 0.25) is 10.0 Å². The van der Waals surface area contributed by atoms with E-state index in [-0.39, 0.29) is 5.75 Å². The van der Waals surface area contributed by atoms with Crippen LogP contribution in [0.15, 0.2) is 41.4 Å². The standard InChI is InChI=1S/C14H11Cl2NO/c1-9-2-5-14(18)10(6-9)8-17-13-4-3-11(15)7-12(13)16/h2-8,18H,1H3. The number of halogens is 2. The number of hydrogen-bond acceptors (Lipinski definition) is 2. The molecule has 0 bridgehead atoms. The number of aromatic hydroxyl groups is 1. The van der Waals surface area contributed by atoms with Crippen LogP contribution in [0.25, 0.3) is 0 Å². The van der Waals surface area contributed by atoms with Crippen molar-refractivity contribution in [3.8, 4) is 5.75 Å². The van der Waals surface area contributed by atoms with Crippen LogP contribution in [0.3, 0.4) is 0 Å². The van der Waals surface area contributed by atoms with E-state index < -0.39 is 0 Å². The number of nitrogens with zero attached hydrogens (tertiary/aromatic N) is 1. The monoisotopic (exact) mass is 279 g/mol. The Morgan fingerprint density at radius 3 is 2.61 bits per heavy atom. The van der Waals surface area contributed by atoms with E-state index in [9.17, 15) is 5.11 Å². The van der Waals surface area contributed by atoms with E-state index >= 15 is 0 Å². The molecule has 0 spiro atoms. The summed E-state index contributed by atoms with van der Waals surface area (Å²) in [5, 5.41) is 10.7. The zero-order valence-corrected chi connectivity index (χ0v) is 11.2. The van der Waals surface area contributed by atoms with E-state index in [4.69, 9.17) is 23.2 Å². The van der Waals surface area contributed by atoms with E-state index in [0.717, 1.165) is 5.56 Å². The summed E-state index contributed by atoms with van der Waals surface area (Å²) in [4.78, 5) is 4.24. The predicted molar refractivity (Wildman–Crippen MR) is 76.6 cm³/mol. The first kappa shape index (κ1) is 12.9. The molecule has 0 unspecified atom stereocenters. The van der Waals surface area contributed by atoms with Gasteiger partial charge >= 0.3 is 0 Å². The molecule has 92 valence electrons. The summed E-state index contributed by atoms with van der Waals surface area (Å²) in [5.74, 6) is 0.189. The van der Waals surface area contributed by atoms with Crippen LogP contribution in [-0.4, -0.2) is 11.3 Å². The van der Waals surface area contributed by atoms with E-state index in [1.807, 2.05) is 19.1 Å². The third-order valence-electron chi connectivity index (χ3n) is 2.44. The molecule has 18 heavy (non-hydrogen) atoms. The third kappa shape index (κ3) is 3.03. The molecule has 0 aliphatic heterocycles. The minimum Gasteiger partial charge on any atom is -0.507 e. The molecule has 4 heteroatoms. The number of hydrogen-bond donors (Lipinski definition) is 1. The van der Waals surface area contributed by atoms with Crippen molar-refractivity contribution >= 4 is 35.1 Å². The molecule has 1 N–H and O–H groups in total. The fraction of sp³-hybridized carbons (Fsp3) is 0.0714. The predicted octanol–water partition coefficient (Wildman–Crippen LogP) is 4.76. The fourth-order valence-corrected chi connectivity index (χ4v) is 1.96. The summed E-state index contributed by atoms with van der Waals surface area (Å²) in [7, 11) is 0. The first-order valence-electron chi connectivity index (χ1n) is 5.35. The number of aryl methyl sites for hydroxylation is 1. The van der Waals surface area contributed by atoms with Gasteiger partial charge in [-0.25, -0.2) is 0 Å². The normalized spacial score (nSPS) is 11.1. The zero-order chi connectivity index (χ0) is 13.1. The maximum absolute atomic E-state index is 9.68. The Morgan fingerprint density at radius 2 is 1.89 bits per heavy atom. The number of phenols is 1. The molecule has 0 amide bonds. The average molecular weight is 280 g/mol. The summed E-state index contributed by atoms with van der Waals surface area (Å²) in [5.41, 5.74) is 2.32. The number of phenolic OH excluding ortho intramolecular Hbond substituents is 1. The largest absolute Gasteiger partial charge is 0.507 e. The van der Waals surface area contributed by atoms with Crippen molar-refractivity contribution in [3.63, 3.8) is 0 Å². The highest BCUT2D eigenvalue weighted by Crippen LogP contribution is 2.28. The molecule has 2 aromatic carbocycles. The van der Waals surface area contributed by atoms with E-state index in [0.29, 0.717) is 21.3 Å². The van der Waals surface area contributed by atoms with Crippen LogP contribution in [-0.2, 0) is 0 Å². The molecule has 0 saturated heterocycles. The summed E-state index contributed by atoms with van der Waals surface area (Å²) in [6.45, 7) is 1.95. The highest BCUT2D eigenvalue weighted by atomic mass is 35.5. The second kappa shape index (κ2) is 5.42. The van der Waals surface area contributed by atoms with Gasteiger partial charge in [0.2, 0.25) is 0 Å². The van der Waals surface area contributed by atoms with E-state index in [2.05, 4.69) is 4.99 Å². The van der Waals surface area contributed by atoms with Gasteiger partial charge in [0.25, 0.3) is 0 Å². The lowest BCUT2D eigenvalue weighted by Crippen LogP contribution is -1.84. The van der Waals surface area contributed by atoms with Crippen LogP contribution in [0, 0.1) is 6.92 Å². The Bertz CT molecular complexity index is 609. The maximum Gasteiger partial charge on any atom is 0.124 e. The first-order valence-corrected chi connectivity index (χ1v) is 6.10. The molecule has 0 aliphatic rings. The second-order valence-electron chi connectivity index (χ2n) is 3.92. The number of aliphatic imine (C=N–C) groups is 1. The minimum absolute atomic E-state index is 0.189. The van der Waals surface area contributed by atoms with Gasteiger partial charge in [0.15, 0.2) is 0 Å². The lowest BCUT2D eigenvalue weighted by molar-refractivity contribution is 0.474. The minimum atomic E-state index is 0.189. The molecule has 2 aromatic rings. The molecule has 0 heterocycles. The SMILES string of the molecule is Cc1ccc(O)c(C=Nc2ccc(Cl)cc2Cl)c1.